The van der Waals surface area contributed by atoms with E-state index < -0.39 is 5.97 Å². The van der Waals surface area contributed by atoms with Crippen LogP contribution in [0.4, 0.5) is 4.39 Å². The molecule has 0 atom stereocenters. The first-order valence-corrected chi connectivity index (χ1v) is 12.5. The molecule has 0 aliphatic rings. The molecule has 36 heavy (non-hydrogen) atoms. The van der Waals surface area contributed by atoms with Gasteiger partial charge >= 0.3 is 5.97 Å². The third-order valence-electron chi connectivity index (χ3n) is 6.48. The second-order valence-corrected chi connectivity index (χ2v) is 8.98. The molecule has 0 heterocycles. The summed E-state index contributed by atoms with van der Waals surface area (Å²) in [7, 11) is 0. The van der Waals surface area contributed by atoms with Gasteiger partial charge in [-0.3, -0.25) is 0 Å². The molecule has 4 nitrogen and oxygen atoms in total. The molecule has 0 saturated heterocycles. The molecule has 0 saturated carbocycles. The topological polar surface area (TPSA) is 66.8 Å². The number of ether oxygens (including phenoxy) is 1. The summed E-state index contributed by atoms with van der Waals surface area (Å²) in [6.07, 6.45) is 4.92. The highest BCUT2D eigenvalue weighted by molar-refractivity contribution is 5.81. The van der Waals surface area contributed by atoms with Gasteiger partial charge in [-0.2, -0.15) is 0 Å². The summed E-state index contributed by atoms with van der Waals surface area (Å²) < 4.78 is 20.3. The summed E-state index contributed by atoms with van der Waals surface area (Å²) in [5.41, 5.74) is 6.55. The van der Waals surface area contributed by atoms with Gasteiger partial charge in [0.05, 0.1) is 6.61 Å². The predicted molar refractivity (Wildman–Crippen MR) is 142 cm³/mol. The van der Waals surface area contributed by atoms with Crippen molar-refractivity contribution < 1.29 is 24.1 Å². The molecule has 190 valence electrons. The number of aryl methyl sites for hydroxylation is 3. The molecular weight excluding hydrogens is 455 g/mol. The Bertz CT molecular complexity index is 1150. The van der Waals surface area contributed by atoms with E-state index in [0.717, 1.165) is 65.1 Å². The first-order valence-electron chi connectivity index (χ1n) is 12.5. The van der Waals surface area contributed by atoms with E-state index >= 15 is 4.39 Å². The molecule has 0 unspecified atom stereocenters. The SMILES string of the molecule is C=CC(=O)OCCCc1ccc(-c2ccc(-c3ccc(CCC(CO)CO)cc3CC)c(F)c2)cc1. The monoisotopic (exact) mass is 490 g/mol. The molecule has 3 aromatic carbocycles. The minimum atomic E-state index is -0.410. The summed E-state index contributed by atoms with van der Waals surface area (Å²) >= 11 is 0. The number of aliphatic hydroxyl groups is 2. The number of hydrogen-bond acceptors (Lipinski definition) is 4. The van der Waals surface area contributed by atoms with E-state index in [1.165, 1.54) is 0 Å². The van der Waals surface area contributed by atoms with Gasteiger partial charge in [-0.15, -0.1) is 0 Å². The van der Waals surface area contributed by atoms with Crippen molar-refractivity contribution in [3.8, 4) is 22.3 Å². The number of carbonyl (C=O) groups is 1. The highest BCUT2D eigenvalue weighted by Gasteiger charge is 2.13. The number of aliphatic hydroxyl groups excluding tert-OH is 2. The van der Waals surface area contributed by atoms with Crippen molar-refractivity contribution in [2.45, 2.75) is 39.0 Å². The first kappa shape index (κ1) is 27.3. The highest BCUT2D eigenvalue weighted by Crippen LogP contribution is 2.31. The Morgan fingerprint density at radius 2 is 1.61 bits per heavy atom. The van der Waals surface area contributed by atoms with Crippen molar-refractivity contribution in [1.29, 1.82) is 0 Å². The number of esters is 1. The fourth-order valence-corrected chi connectivity index (χ4v) is 4.25. The number of benzene rings is 3. The second kappa shape index (κ2) is 13.7. The molecule has 0 radical (unpaired) electrons. The van der Waals surface area contributed by atoms with Crippen LogP contribution in [-0.2, 0) is 28.8 Å². The summed E-state index contributed by atoms with van der Waals surface area (Å²) in [4.78, 5) is 11.1. The Kier molecular flexibility index (Phi) is 10.4. The molecule has 0 fully saturated rings. The lowest BCUT2D eigenvalue weighted by molar-refractivity contribution is -0.137. The number of rotatable bonds is 13. The zero-order valence-electron chi connectivity index (χ0n) is 20.9. The largest absolute Gasteiger partial charge is 0.463 e. The molecule has 0 aromatic heterocycles. The van der Waals surface area contributed by atoms with Crippen LogP contribution in [0.25, 0.3) is 22.3 Å². The molecule has 3 aromatic rings. The molecule has 0 amide bonds. The van der Waals surface area contributed by atoms with Crippen LogP contribution < -0.4 is 0 Å². The van der Waals surface area contributed by atoms with E-state index in [9.17, 15) is 15.0 Å². The molecule has 2 N–H and O–H groups in total. The van der Waals surface area contributed by atoms with E-state index in [4.69, 9.17) is 4.74 Å². The second-order valence-electron chi connectivity index (χ2n) is 8.98. The minimum absolute atomic E-state index is 0.0251. The van der Waals surface area contributed by atoms with Crippen molar-refractivity contribution >= 4 is 5.97 Å². The highest BCUT2D eigenvalue weighted by atomic mass is 19.1. The molecule has 0 spiro atoms. The van der Waals surface area contributed by atoms with E-state index in [-0.39, 0.29) is 24.9 Å². The molecule has 3 rings (SSSR count). The molecule has 0 aliphatic carbocycles. The zero-order valence-corrected chi connectivity index (χ0v) is 20.9. The maximum absolute atomic E-state index is 15.3. The Hall–Kier alpha value is -3.28. The molecule has 0 aliphatic heterocycles. The van der Waals surface area contributed by atoms with Gasteiger partial charge in [0.15, 0.2) is 0 Å². The van der Waals surface area contributed by atoms with Crippen LogP contribution in [0.2, 0.25) is 0 Å². The number of carbonyl (C=O) groups excluding carboxylic acids is 1. The lowest BCUT2D eigenvalue weighted by Gasteiger charge is -2.14. The van der Waals surface area contributed by atoms with Gasteiger partial charge in [-0.1, -0.05) is 68.1 Å². The van der Waals surface area contributed by atoms with Crippen LogP contribution in [0.5, 0.6) is 0 Å². The van der Waals surface area contributed by atoms with Gasteiger partial charge in [0.1, 0.15) is 5.82 Å². The number of hydrogen-bond donors (Lipinski definition) is 2. The average molecular weight is 491 g/mol. The van der Waals surface area contributed by atoms with E-state index in [1.54, 1.807) is 6.07 Å². The van der Waals surface area contributed by atoms with E-state index in [1.807, 2.05) is 48.5 Å². The van der Waals surface area contributed by atoms with E-state index in [2.05, 4.69) is 19.6 Å². The van der Waals surface area contributed by atoms with E-state index in [0.29, 0.717) is 18.6 Å². The quantitative estimate of drug-likeness (QED) is 0.177. The summed E-state index contributed by atoms with van der Waals surface area (Å²) in [5, 5.41) is 18.6. The molecular formula is C31H35FO4. The lowest BCUT2D eigenvalue weighted by atomic mass is 9.92. The molecule has 5 heteroatoms. The minimum Gasteiger partial charge on any atom is -0.463 e. The fourth-order valence-electron chi connectivity index (χ4n) is 4.25. The smallest absolute Gasteiger partial charge is 0.330 e. The van der Waals surface area contributed by atoms with Crippen LogP contribution in [0, 0.1) is 11.7 Å². The van der Waals surface area contributed by atoms with Crippen molar-refractivity contribution in [3.63, 3.8) is 0 Å². The standard InChI is InChI=1S/C31H35FO4/c1-3-25-18-23(7-8-24(20-33)21-34)11-15-28(25)29-16-14-27(19-30(29)32)26-12-9-22(10-13-26)6-5-17-36-31(35)4-2/h4,9-16,18-19,24,33-34H,2-3,5-8,17,20-21H2,1H3. The summed E-state index contributed by atoms with van der Waals surface area (Å²) in [6.45, 7) is 5.74. The number of halogens is 1. The van der Waals surface area contributed by atoms with Gasteiger partial charge in [0.25, 0.3) is 0 Å². The lowest BCUT2D eigenvalue weighted by Crippen LogP contribution is -2.12. The Balaban J connectivity index is 1.70. The van der Waals surface area contributed by atoms with Gasteiger partial charge in [0, 0.05) is 30.8 Å². The maximum Gasteiger partial charge on any atom is 0.330 e. The van der Waals surface area contributed by atoms with Crippen molar-refractivity contribution in [2.75, 3.05) is 19.8 Å². The van der Waals surface area contributed by atoms with Gasteiger partial charge < -0.3 is 14.9 Å². The van der Waals surface area contributed by atoms with Crippen LogP contribution in [0.1, 0.15) is 36.5 Å². The summed E-state index contributed by atoms with van der Waals surface area (Å²) in [6, 6.07) is 19.5. The van der Waals surface area contributed by atoms with Crippen molar-refractivity contribution in [3.05, 3.63) is 95.8 Å². The van der Waals surface area contributed by atoms with Crippen molar-refractivity contribution in [1.82, 2.24) is 0 Å². The Labute approximate surface area is 213 Å². The Morgan fingerprint density at radius 1 is 0.944 bits per heavy atom. The van der Waals surface area contributed by atoms with Gasteiger partial charge in [-0.05, 0) is 71.6 Å². The predicted octanol–water partition coefficient (Wildman–Crippen LogP) is 5.92. The van der Waals surface area contributed by atoms with Gasteiger partial charge in [0.2, 0.25) is 0 Å². The van der Waals surface area contributed by atoms with Crippen LogP contribution >= 0.6 is 0 Å². The molecule has 0 bridgehead atoms. The maximum atomic E-state index is 15.3. The summed E-state index contributed by atoms with van der Waals surface area (Å²) in [5.74, 6) is -0.786. The van der Waals surface area contributed by atoms with Gasteiger partial charge in [-0.25, -0.2) is 9.18 Å². The normalized spacial score (nSPS) is 11.0. The first-order chi connectivity index (χ1) is 17.5. The van der Waals surface area contributed by atoms with Crippen LogP contribution in [0.15, 0.2) is 73.3 Å². The Morgan fingerprint density at radius 3 is 2.25 bits per heavy atom. The van der Waals surface area contributed by atoms with Crippen LogP contribution in [0.3, 0.4) is 0 Å². The van der Waals surface area contributed by atoms with Crippen molar-refractivity contribution in [2.24, 2.45) is 5.92 Å². The van der Waals surface area contributed by atoms with Crippen LogP contribution in [-0.4, -0.2) is 36.0 Å². The third-order valence-corrected chi connectivity index (χ3v) is 6.48. The average Bonchev–Trinajstić information content (AvgIpc) is 2.91. The fraction of sp³-hybridized carbons (Fsp3) is 0.323. The zero-order chi connectivity index (χ0) is 25.9. The third kappa shape index (κ3) is 7.36.